The number of para-hydroxylation sites is 1. The summed E-state index contributed by atoms with van der Waals surface area (Å²) in [6.07, 6.45) is 2.94. The molecule has 2 aliphatic heterocycles. The lowest BCUT2D eigenvalue weighted by Crippen LogP contribution is -2.53. The van der Waals surface area contributed by atoms with Gasteiger partial charge in [0.1, 0.15) is 5.75 Å². The molecule has 3 bridgehead atoms. The minimum absolute atomic E-state index is 0.00216. The summed E-state index contributed by atoms with van der Waals surface area (Å²) >= 11 is 0. The summed E-state index contributed by atoms with van der Waals surface area (Å²) in [6.45, 7) is 4.44. The van der Waals surface area contributed by atoms with Gasteiger partial charge >= 0.3 is 5.97 Å². The Balaban J connectivity index is 1.52. The predicted molar refractivity (Wildman–Crippen MR) is 97.0 cm³/mol. The molecule has 0 spiro atoms. The van der Waals surface area contributed by atoms with Crippen molar-refractivity contribution in [1.82, 2.24) is 10.2 Å². The largest absolute Gasteiger partial charge is 0.482 e. The molecule has 3 aliphatic rings. The van der Waals surface area contributed by atoms with Crippen LogP contribution < -0.4 is 10.1 Å². The number of carbonyl (C=O) groups is 1. The van der Waals surface area contributed by atoms with Crippen molar-refractivity contribution >= 4 is 5.97 Å². The molecule has 1 saturated carbocycles. The van der Waals surface area contributed by atoms with Crippen LogP contribution in [0.5, 0.6) is 5.75 Å². The van der Waals surface area contributed by atoms with E-state index < -0.39 is 5.97 Å². The van der Waals surface area contributed by atoms with Gasteiger partial charge in [-0.2, -0.15) is 0 Å². The van der Waals surface area contributed by atoms with Crippen molar-refractivity contribution in [2.24, 2.45) is 11.3 Å². The zero-order chi connectivity index (χ0) is 18.3. The van der Waals surface area contributed by atoms with Gasteiger partial charge in [-0.3, -0.25) is 4.90 Å². The predicted octanol–water partition coefficient (Wildman–Crippen LogP) is 1.47. The Labute approximate surface area is 154 Å². The van der Waals surface area contributed by atoms with Crippen LogP contribution in [0.3, 0.4) is 0 Å². The fourth-order valence-corrected chi connectivity index (χ4v) is 5.33. The Morgan fingerprint density at radius 2 is 2.15 bits per heavy atom. The summed E-state index contributed by atoms with van der Waals surface area (Å²) in [4.78, 5) is 13.2. The third-order valence-electron chi connectivity index (χ3n) is 6.56. The molecule has 26 heavy (non-hydrogen) atoms. The molecule has 1 aromatic carbocycles. The topological polar surface area (TPSA) is 82.0 Å². The van der Waals surface area contributed by atoms with Gasteiger partial charge < -0.3 is 20.3 Å². The summed E-state index contributed by atoms with van der Waals surface area (Å²) in [6, 6.07) is 8.46. The van der Waals surface area contributed by atoms with Crippen LogP contribution in [-0.2, 0) is 11.3 Å². The van der Waals surface area contributed by atoms with E-state index in [1.54, 1.807) is 0 Å². The summed E-state index contributed by atoms with van der Waals surface area (Å²) < 4.78 is 5.46. The summed E-state index contributed by atoms with van der Waals surface area (Å²) in [5.41, 5.74) is 1.00. The summed E-state index contributed by atoms with van der Waals surface area (Å²) in [5.74, 6) is -0.0455. The van der Waals surface area contributed by atoms with Gasteiger partial charge in [0.05, 0.1) is 6.10 Å². The van der Waals surface area contributed by atoms with Gasteiger partial charge in [-0.05, 0) is 31.2 Å². The molecule has 2 saturated heterocycles. The molecule has 0 radical (unpaired) electrons. The number of fused-ring (bicyclic) bond motifs is 2. The van der Waals surface area contributed by atoms with Crippen molar-refractivity contribution in [2.75, 3.05) is 19.7 Å². The molecule has 4 rings (SSSR count). The van der Waals surface area contributed by atoms with Crippen molar-refractivity contribution in [3.05, 3.63) is 29.8 Å². The molecule has 1 aliphatic carbocycles. The van der Waals surface area contributed by atoms with Crippen LogP contribution in [0.25, 0.3) is 0 Å². The highest BCUT2D eigenvalue weighted by atomic mass is 16.5. The number of aliphatic hydroxyl groups is 1. The number of carboxylic acid groups (broad SMARTS) is 1. The molecule has 2 heterocycles. The van der Waals surface area contributed by atoms with E-state index in [1.807, 2.05) is 24.3 Å². The summed E-state index contributed by atoms with van der Waals surface area (Å²) in [7, 11) is 0. The highest BCUT2D eigenvalue weighted by Crippen LogP contribution is 2.48. The van der Waals surface area contributed by atoms with Gasteiger partial charge in [-0.1, -0.05) is 25.1 Å². The SMILES string of the molecule is C[C@]12C[C@H]3CN(Cc4ccccc4OCC(=O)O)C[C@H](CC[C@@H]1N3)[C@H]2O. The number of likely N-dealkylation sites (tertiary alicyclic amines) is 1. The van der Waals surface area contributed by atoms with Gasteiger partial charge in [0.15, 0.2) is 6.61 Å². The number of aliphatic hydroxyl groups excluding tert-OH is 1. The standard InChI is InChI=1S/C20H28N2O4/c1-20-8-15-11-22(10-14(19(20)25)6-7-17(20)21-15)9-13-4-2-3-5-16(13)26-12-18(23)24/h2-5,14-15,17,19,21,25H,6-12H2,1H3,(H,23,24)/t14-,15-,17-,19+,20-/m0/s1. The van der Waals surface area contributed by atoms with E-state index in [9.17, 15) is 9.90 Å². The van der Waals surface area contributed by atoms with Gasteiger partial charge in [0.25, 0.3) is 0 Å². The van der Waals surface area contributed by atoms with E-state index in [0.717, 1.165) is 37.9 Å². The average molecular weight is 360 g/mol. The molecular weight excluding hydrogens is 332 g/mol. The lowest BCUT2D eigenvalue weighted by molar-refractivity contribution is -0.139. The lowest BCUT2D eigenvalue weighted by Gasteiger charge is -2.46. The van der Waals surface area contributed by atoms with Gasteiger partial charge in [-0.25, -0.2) is 4.79 Å². The Morgan fingerprint density at radius 1 is 1.35 bits per heavy atom. The van der Waals surface area contributed by atoms with Crippen LogP contribution in [0.1, 0.15) is 31.7 Å². The van der Waals surface area contributed by atoms with Crippen molar-refractivity contribution < 1.29 is 19.7 Å². The van der Waals surface area contributed by atoms with Gasteiger partial charge in [-0.15, -0.1) is 0 Å². The van der Waals surface area contributed by atoms with Crippen molar-refractivity contribution in [3.8, 4) is 5.75 Å². The normalized spacial score (nSPS) is 36.5. The fourth-order valence-electron chi connectivity index (χ4n) is 5.33. The van der Waals surface area contributed by atoms with E-state index in [2.05, 4.69) is 17.1 Å². The number of hydrogen-bond donors (Lipinski definition) is 3. The molecule has 142 valence electrons. The van der Waals surface area contributed by atoms with Crippen molar-refractivity contribution in [2.45, 2.75) is 50.9 Å². The minimum atomic E-state index is -0.972. The summed E-state index contributed by atoms with van der Waals surface area (Å²) in [5, 5.41) is 23.6. The van der Waals surface area contributed by atoms with E-state index in [-0.39, 0.29) is 18.1 Å². The van der Waals surface area contributed by atoms with Crippen LogP contribution in [0.4, 0.5) is 0 Å². The number of aliphatic carboxylic acids is 1. The van der Waals surface area contributed by atoms with Crippen molar-refractivity contribution in [3.63, 3.8) is 0 Å². The molecule has 6 heteroatoms. The van der Waals surface area contributed by atoms with Crippen molar-refractivity contribution in [1.29, 1.82) is 0 Å². The lowest BCUT2D eigenvalue weighted by atomic mass is 9.64. The maximum absolute atomic E-state index is 11.0. The third kappa shape index (κ3) is 3.21. The second-order valence-corrected chi connectivity index (χ2v) is 8.39. The number of nitrogens with zero attached hydrogens (tertiary/aromatic N) is 1. The van der Waals surface area contributed by atoms with E-state index in [4.69, 9.17) is 9.84 Å². The van der Waals surface area contributed by atoms with Crippen LogP contribution >= 0.6 is 0 Å². The zero-order valence-corrected chi connectivity index (χ0v) is 15.2. The Kier molecular flexibility index (Phi) is 4.67. The monoisotopic (exact) mass is 360 g/mol. The Bertz CT molecular complexity index is 682. The van der Waals surface area contributed by atoms with Crippen LogP contribution in [0.15, 0.2) is 24.3 Å². The number of benzene rings is 1. The van der Waals surface area contributed by atoms with E-state index in [0.29, 0.717) is 30.3 Å². The number of rotatable bonds is 5. The van der Waals surface area contributed by atoms with Crippen LogP contribution in [0, 0.1) is 11.3 Å². The fraction of sp³-hybridized carbons (Fsp3) is 0.650. The average Bonchev–Trinajstić information content (AvgIpc) is 2.97. The number of ether oxygens (including phenoxy) is 1. The first-order chi connectivity index (χ1) is 12.5. The van der Waals surface area contributed by atoms with Gasteiger partial charge in [0, 0.05) is 42.7 Å². The number of hydrogen-bond acceptors (Lipinski definition) is 5. The molecule has 5 atom stereocenters. The second kappa shape index (κ2) is 6.83. The van der Waals surface area contributed by atoms with Crippen LogP contribution in [-0.4, -0.2) is 59.0 Å². The number of nitrogens with one attached hydrogen (secondary N) is 1. The van der Waals surface area contributed by atoms with E-state index >= 15 is 0 Å². The van der Waals surface area contributed by atoms with E-state index in [1.165, 1.54) is 0 Å². The highest BCUT2D eigenvalue weighted by Gasteiger charge is 2.54. The molecule has 0 aromatic heterocycles. The molecular formula is C20H28N2O4. The number of carboxylic acids is 1. The quantitative estimate of drug-likeness (QED) is 0.738. The Hall–Kier alpha value is -1.63. The maximum Gasteiger partial charge on any atom is 0.341 e. The van der Waals surface area contributed by atoms with Gasteiger partial charge in [0.2, 0.25) is 0 Å². The molecule has 3 fully saturated rings. The Morgan fingerprint density at radius 3 is 2.96 bits per heavy atom. The maximum atomic E-state index is 11.0. The molecule has 6 nitrogen and oxygen atoms in total. The molecule has 0 unspecified atom stereocenters. The first-order valence-electron chi connectivity index (χ1n) is 9.54. The molecule has 1 aromatic rings. The minimum Gasteiger partial charge on any atom is -0.482 e. The smallest absolute Gasteiger partial charge is 0.341 e. The highest BCUT2D eigenvalue weighted by molar-refractivity contribution is 5.68. The van der Waals surface area contributed by atoms with Crippen LogP contribution in [0.2, 0.25) is 0 Å². The molecule has 3 N–H and O–H groups in total. The third-order valence-corrected chi connectivity index (χ3v) is 6.56. The first kappa shape index (κ1) is 17.8. The zero-order valence-electron chi connectivity index (χ0n) is 15.2. The molecule has 0 amide bonds. The first-order valence-corrected chi connectivity index (χ1v) is 9.54. The second-order valence-electron chi connectivity index (χ2n) is 8.39.